The average molecular weight is 662 g/mol. The normalized spacial score (nSPS) is 26.8. The zero-order chi connectivity index (χ0) is 33.1. The Bertz CT molecular complexity index is 1450. The molecule has 0 aromatic heterocycles. The maximum Gasteiger partial charge on any atom is 0.317 e. The Balaban J connectivity index is 1.21. The molecular weight excluding hydrogens is 622 g/mol. The predicted molar refractivity (Wildman–Crippen MR) is 158 cm³/mol. The van der Waals surface area contributed by atoms with Crippen LogP contribution in [0.5, 0.6) is 28.7 Å². The number of aliphatic carboxylic acids is 1. The first kappa shape index (κ1) is 33.1. The Morgan fingerprint density at radius 3 is 2.57 bits per heavy atom. The molecule has 47 heavy (non-hydrogen) atoms. The van der Waals surface area contributed by atoms with Gasteiger partial charge in [0.25, 0.3) is 0 Å². The van der Waals surface area contributed by atoms with E-state index in [0.29, 0.717) is 36.0 Å². The molecule has 1 saturated heterocycles. The molecule has 2 aromatic rings. The fourth-order valence-electron chi connectivity index (χ4n) is 6.14. The molecule has 1 fully saturated rings. The Hall–Kier alpha value is -3.86. The number of aryl methyl sites for hydroxylation is 1. The number of carboxylic acid groups (broad SMARTS) is 1. The molecule has 0 amide bonds. The van der Waals surface area contributed by atoms with Gasteiger partial charge in [0.1, 0.15) is 48.9 Å². The minimum atomic E-state index is -1.61. The number of aliphatic hydroxyl groups excluding tert-OH is 2. The Labute approximate surface area is 270 Å². The van der Waals surface area contributed by atoms with Crippen LogP contribution in [-0.2, 0) is 35.1 Å². The van der Waals surface area contributed by atoms with Gasteiger partial charge in [-0.05, 0) is 36.6 Å². The van der Waals surface area contributed by atoms with E-state index in [-0.39, 0.29) is 32.0 Å². The third-order valence-electron chi connectivity index (χ3n) is 8.46. The molecule has 0 radical (unpaired) electrons. The van der Waals surface area contributed by atoms with Gasteiger partial charge in [-0.25, -0.2) is 0 Å². The molecule has 0 bridgehead atoms. The highest BCUT2D eigenvalue weighted by Gasteiger charge is 2.48. The van der Waals surface area contributed by atoms with E-state index in [4.69, 9.17) is 53.8 Å². The van der Waals surface area contributed by atoms with Crippen LogP contribution in [-0.4, -0.2) is 91.1 Å². The van der Waals surface area contributed by atoms with Crippen LogP contribution < -0.4 is 29.6 Å². The maximum atomic E-state index is 11.7. The number of carbonyl (C=O) groups is 2. The van der Waals surface area contributed by atoms with Crippen LogP contribution in [0.3, 0.4) is 0 Å². The zero-order valence-corrected chi connectivity index (χ0v) is 25.8. The van der Waals surface area contributed by atoms with Crippen molar-refractivity contribution in [3.05, 3.63) is 41.0 Å². The van der Waals surface area contributed by atoms with Gasteiger partial charge in [0.2, 0.25) is 6.79 Å². The van der Waals surface area contributed by atoms with Crippen LogP contribution >= 0.6 is 0 Å². The number of benzene rings is 2. The molecule has 0 unspecified atom stereocenters. The quantitative estimate of drug-likeness (QED) is 0.0750. The Kier molecular flexibility index (Phi) is 10.2. The highest BCUT2D eigenvalue weighted by atomic mass is 17.2. The van der Waals surface area contributed by atoms with Crippen LogP contribution in [0.2, 0.25) is 0 Å². The largest absolute Gasteiger partial charge is 0.492 e. The molecular formula is C32H39NO14. The fourth-order valence-corrected chi connectivity index (χ4v) is 6.14. The lowest BCUT2D eigenvalue weighted by atomic mass is 9.87. The summed E-state index contributed by atoms with van der Waals surface area (Å²) >= 11 is 0. The summed E-state index contributed by atoms with van der Waals surface area (Å²) < 4.78 is 40.2. The summed E-state index contributed by atoms with van der Waals surface area (Å²) in [6.45, 7) is 2.29. The SMILES string of the molecule is CCCCCc1cc(OO[C@@H]2[C@H](OCCN)O[C@H](COC(=O)CC(=O)O)[C@@H](O)[C@@H]2O)cc2c1OC[C@H]1c3cc4c(cc3O[C@H]21)OCO4. The molecule has 15 heteroatoms. The Morgan fingerprint density at radius 1 is 1.00 bits per heavy atom. The van der Waals surface area contributed by atoms with Crippen molar-refractivity contribution in [1.82, 2.24) is 0 Å². The van der Waals surface area contributed by atoms with Crippen molar-refractivity contribution >= 4 is 11.9 Å². The molecule has 5 N–H and O–H groups in total. The summed E-state index contributed by atoms with van der Waals surface area (Å²) in [6, 6.07) is 7.33. The first-order chi connectivity index (χ1) is 22.8. The van der Waals surface area contributed by atoms with Gasteiger partial charge in [0, 0.05) is 23.7 Å². The second kappa shape index (κ2) is 14.5. The van der Waals surface area contributed by atoms with Gasteiger partial charge in [-0.2, -0.15) is 4.89 Å². The summed E-state index contributed by atoms with van der Waals surface area (Å²) in [4.78, 5) is 34.0. The van der Waals surface area contributed by atoms with Crippen molar-refractivity contribution in [3.8, 4) is 28.7 Å². The number of fused-ring (bicyclic) bond motifs is 6. The van der Waals surface area contributed by atoms with E-state index in [1.54, 1.807) is 12.1 Å². The number of esters is 1. The van der Waals surface area contributed by atoms with E-state index in [1.807, 2.05) is 12.1 Å². The monoisotopic (exact) mass is 661 g/mol. The lowest BCUT2D eigenvalue weighted by Crippen LogP contribution is -2.60. The maximum absolute atomic E-state index is 11.7. The summed E-state index contributed by atoms with van der Waals surface area (Å²) in [5.74, 6) is 0.493. The highest BCUT2D eigenvalue weighted by Crippen LogP contribution is 2.55. The number of aliphatic hydroxyl groups is 2. The molecule has 7 atom stereocenters. The number of carboxylic acids is 1. The van der Waals surface area contributed by atoms with E-state index in [1.165, 1.54) is 0 Å². The number of carbonyl (C=O) groups excluding carboxylic acids is 1. The van der Waals surface area contributed by atoms with Gasteiger partial charge in [-0.1, -0.05) is 19.8 Å². The van der Waals surface area contributed by atoms with Crippen LogP contribution in [0.25, 0.3) is 0 Å². The summed E-state index contributed by atoms with van der Waals surface area (Å²) in [6.07, 6.45) is -4.63. The van der Waals surface area contributed by atoms with Gasteiger partial charge in [0.15, 0.2) is 29.6 Å². The van der Waals surface area contributed by atoms with Crippen molar-refractivity contribution in [2.75, 3.05) is 33.2 Å². The first-order valence-electron chi connectivity index (χ1n) is 15.7. The van der Waals surface area contributed by atoms with E-state index < -0.39 is 55.7 Å². The van der Waals surface area contributed by atoms with Crippen LogP contribution in [0.1, 0.15) is 61.3 Å². The van der Waals surface area contributed by atoms with Gasteiger partial charge in [-0.3, -0.25) is 9.59 Å². The number of nitrogens with two attached hydrogens (primary N) is 1. The summed E-state index contributed by atoms with van der Waals surface area (Å²) in [5.41, 5.74) is 8.24. The lowest BCUT2D eigenvalue weighted by Gasteiger charge is -2.41. The molecule has 2 aromatic carbocycles. The molecule has 256 valence electrons. The molecule has 4 aliphatic rings. The Morgan fingerprint density at radius 2 is 1.81 bits per heavy atom. The van der Waals surface area contributed by atoms with E-state index in [2.05, 4.69) is 6.92 Å². The number of unbranched alkanes of at least 4 members (excludes halogenated alkanes) is 2. The van der Waals surface area contributed by atoms with Crippen molar-refractivity contribution in [3.63, 3.8) is 0 Å². The third-order valence-corrected chi connectivity index (χ3v) is 8.46. The van der Waals surface area contributed by atoms with Crippen molar-refractivity contribution in [2.24, 2.45) is 5.73 Å². The lowest BCUT2D eigenvalue weighted by molar-refractivity contribution is -0.372. The van der Waals surface area contributed by atoms with Gasteiger partial charge < -0.3 is 59.1 Å². The third kappa shape index (κ3) is 7.05. The number of hydrogen-bond donors (Lipinski definition) is 4. The summed E-state index contributed by atoms with van der Waals surface area (Å²) in [5, 5.41) is 30.6. The van der Waals surface area contributed by atoms with Gasteiger partial charge in [-0.15, -0.1) is 0 Å². The standard InChI is InChI=1S/C32H39NO14/c1-2-3-4-5-16-8-17(9-19-29(16)41-13-20-18-10-22-23(43-15-42-22)11-21(18)44-30(19)20)46-47-31-28(38)27(37)24(45-32(31)39-7-6-33)14-40-26(36)12-25(34)35/h8-11,20,24,27-28,30-32,37-38H,2-7,12-15,33H2,1H3,(H,34,35)/t20-,24+,27+,28-,30+,31-,32+/m0/s1. The minimum absolute atomic E-state index is 0.0110. The molecule has 6 rings (SSSR count). The van der Waals surface area contributed by atoms with Crippen LogP contribution in [0.15, 0.2) is 24.3 Å². The fraction of sp³-hybridized carbons (Fsp3) is 0.562. The van der Waals surface area contributed by atoms with E-state index >= 15 is 0 Å². The van der Waals surface area contributed by atoms with E-state index in [0.717, 1.165) is 41.7 Å². The molecule has 0 saturated carbocycles. The smallest absolute Gasteiger partial charge is 0.317 e. The molecule has 0 aliphatic carbocycles. The minimum Gasteiger partial charge on any atom is -0.492 e. The topological polar surface area (TPSA) is 204 Å². The van der Waals surface area contributed by atoms with Gasteiger partial charge in [0.05, 0.1) is 19.1 Å². The molecule has 4 aliphatic heterocycles. The highest BCUT2D eigenvalue weighted by molar-refractivity contribution is 5.90. The molecule has 4 heterocycles. The van der Waals surface area contributed by atoms with Crippen molar-refractivity contribution < 1.29 is 67.8 Å². The predicted octanol–water partition coefficient (Wildman–Crippen LogP) is 1.88. The van der Waals surface area contributed by atoms with Crippen molar-refractivity contribution in [1.29, 1.82) is 0 Å². The number of rotatable bonds is 14. The first-order valence-corrected chi connectivity index (χ1v) is 15.7. The van der Waals surface area contributed by atoms with Crippen LogP contribution in [0.4, 0.5) is 0 Å². The van der Waals surface area contributed by atoms with E-state index in [9.17, 15) is 19.8 Å². The molecule has 15 nitrogen and oxygen atoms in total. The van der Waals surface area contributed by atoms with Crippen LogP contribution in [0, 0.1) is 0 Å². The van der Waals surface area contributed by atoms with Crippen molar-refractivity contribution in [2.45, 2.75) is 81.8 Å². The molecule has 0 spiro atoms. The summed E-state index contributed by atoms with van der Waals surface area (Å²) in [7, 11) is 0. The second-order valence-electron chi connectivity index (χ2n) is 11.7. The zero-order valence-electron chi connectivity index (χ0n) is 25.8. The van der Waals surface area contributed by atoms with Gasteiger partial charge >= 0.3 is 11.9 Å². The average Bonchev–Trinajstić information content (AvgIpc) is 3.66. The number of ether oxygens (including phenoxy) is 7. The second-order valence-corrected chi connectivity index (χ2v) is 11.7. The number of hydrogen-bond acceptors (Lipinski definition) is 14.